The Morgan fingerprint density at radius 3 is 2.76 bits per heavy atom. The average molecular weight is 532 g/mol. The molecule has 196 valence electrons. The Kier molecular flexibility index (Phi) is 6.99. The van der Waals surface area contributed by atoms with Gasteiger partial charge in [-0.25, -0.2) is 9.78 Å². The number of fused-ring (bicyclic) bond motifs is 2. The predicted octanol–water partition coefficient (Wildman–Crippen LogP) is 6.58. The van der Waals surface area contributed by atoms with Gasteiger partial charge >= 0.3 is 6.09 Å². The van der Waals surface area contributed by atoms with Crippen LogP contribution in [0.5, 0.6) is 5.75 Å². The molecule has 38 heavy (non-hydrogen) atoms. The van der Waals surface area contributed by atoms with Gasteiger partial charge in [-0.15, -0.1) is 0 Å². The number of nitrogens with one attached hydrogen (secondary N) is 3. The van der Waals surface area contributed by atoms with Gasteiger partial charge in [-0.3, -0.25) is 5.10 Å². The molecule has 3 aromatic heterocycles. The van der Waals surface area contributed by atoms with Crippen LogP contribution in [0.2, 0.25) is 5.02 Å². The Hall–Kier alpha value is -4.04. The number of alkyl carbamates (subject to hydrolysis) is 1. The van der Waals surface area contributed by atoms with Gasteiger partial charge in [-0.1, -0.05) is 29.8 Å². The Bertz CT molecular complexity index is 1600. The Morgan fingerprint density at radius 2 is 1.95 bits per heavy atom. The standard InChI is InChI=1S/C29H30ClN5O3/c1-17-23-12-19(15-32-27(23)35-34-17)24-13-21(9-10-25(24)30)37-16-20(33-28(36)38-29(2,3)4)11-18-14-31-26-8-6-5-7-22(18)26/h5-10,12-15,20,31H,11,16H2,1-4H3,(H,33,36)(H,32,34,35)/t20-/m0/s1. The van der Waals surface area contributed by atoms with E-state index in [9.17, 15) is 4.79 Å². The highest BCUT2D eigenvalue weighted by atomic mass is 35.5. The minimum atomic E-state index is -0.607. The quantitative estimate of drug-likeness (QED) is 0.220. The molecule has 0 radical (unpaired) electrons. The summed E-state index contributed by atoms with van der Waals surface area (Å²) in [5, 5.41) is 12.8. The van der Waals surface area contributed by atoms with Gasteiger partial charge in [0.2, 0.25) is 0 Å². The molecule has 3 N–H and O–H groups in total. The van der Waals surface area contributed by atoms with Gasteiger partial charge in [0.25, 0.3) is 0 Å². The first-order valence-corrected chi connectivity index (χ1v) is 12.8. The van der Waals surface area contributed by atoms with Crippen molar-refractivity contribution in [2.45, 2.75) is 45.8 Å². The highest BCUT2D eigenvalue weighted by Crippen LogP contribution is 2.33. The Labute approximate surface area is 225 Å². The lowest BCUT2D eigenvalue weighted by Gasteiger charge is -2.24. The molecule has 0 aliphatic heterocycles. The maximum absolute atomic E-state index is 12.6. The van der Waals surface area contributed by atoms with Gasteiger partial charge in [0.15, 0.2) is 5.65 Å². The zero-order valence-corrected chi connectivity index (χ0v) is 22.5. The van der Waals surface area contributed by atoms with Crippen molar-refractivity contribution in [2.24, 2.45) is 0 Å². The van der Waals surface area contributed by atoms with E-state index in [-0.39, 0.29) is 12.6 Å². The first-order chi connectivity index (χ1) is 18.2. The number of carbonyl (C=O) groups is 1. The van der Waals surface area contributed by atoms with Gasteiger partial charge < -0.3 is 19.8 Å². The highest BCUT2D eigenvalue weighted by Gasteiger charge is 2.21. The number of aryl methyl sites for hydroxylation is 1. The number of pyridine rings is 1. The van der Waals surface area contributed by atoms with Crippen molar-refractivity contribution in [3.8, 4) is 16.9 Å². The SMILES string of the molecule is Cc1[nH]nc2ncc(-c3cc(OC[C@H](Cc4c[nH]c5ccccc45)NC(=O)OC(C)(C)C)ccc3Cl)cc12. The maximum Gasteiger partial charge on any atom is 0.408 e. The minimum absolute atomic E-state index is 0.234. The van der Waals surface area contributed by atoms with E-state index in [1.165, 1.54) is 0 Å². The smallest absolute Gasteiger partial charge is 0.408 e. The van der Waals surface area contributed by atoms with Crippen LogP contribution in [0.1, 0.15) is 32.0 Å². The third-order valence-corrected chi connectivity index (χ3v) is 6.49. The molecule has 2 aromatic carbocycles. The second-order valence-corrected chi connectivity index (χ2v) is 10.7. The van der Waals surface area contributed by atoms with Gasteiger partial charge in [0, 0.05) is 50.5 Å². The molecule has 0 saturated carbocycles. The molecule has 0 aliphatic carbocycles. The molecule has 0 fully saturated rings. The summed E-state index contributed by atoms with van der Waals surface area (Å²) in [4.78, 5) is 20.4. The number of ether oxygens (including phenoxy) is 2. The van der Waals surface area contributed by atoms with Crippen molar-refractivity contribution in [2.75, 3.05) is 6.61 Å². The van der Waals surface area contributed by atoms with Gasteiger partial charge in [0.05, 0.1) is 6.04 Å². The van der Waals surface area contributed by atoms with Crippen LogP contribution in [0.15, 0.2) is 60.9 Å². The van der Waals surface area contributed by atoms with Crippen LogP contribution >= 0.6 is 11.6 Å². The summed E-state index contributed by atoms with van der Waals surface area (Å²) >= 11 is 6.56. The molecule has 5 aromatic rings. The normalized spacial score (nSPS) is 12.6. The lowest BCUT2D eigenvalue weighted by atomic mass is 10.0. The average Bonchev–Trinajstić information content (AvgIpc) is 3.45. The first kappa shape index (κ1) is 25.6. The number of amides is 1. The number of rotatable bonds is 7. The van der Waals surface area contributed by atoms with Crippen LogP contribution in [0.3, 0.4) is 0 Å². The minimum Gasteiger partial charge on any atom is -0.491 e. The fraction of sp³-hybridized carbons (Fsp3) is 0.276. The third kappa shape index (κ3) is 5.75. The molecule has 0 bridgehead atoms. The van der Waals surface area contributed by atoms with Crippen LogP contribution < -0.4 is 10.1 Å². The summed E-state index contributed by atoms with van der Waals surface area (Å²) in [6, 6.07) is 15.2. The van der Waals surface area contributed by atoms with Crippen molar-refractivity contribution in [3.63, 3.8) is 0 Å². The summed E-state index contributed by atoms with van der Waals surface area (Å²) < 4.78 is 11.7. The summed E-state index contributed by atoms with van der Waals surface area (Å²) in [5.41, 5.74) is 4.77. The van der Waals surface area contributed by atoms with Crippen molar-refractivity contribution >= 4 is 39.6 Å². The molecular weight excluding hydrogens is 502 g/mol. The largest absolute Gasteiger partial charge is 0.491 e. The molecule has 3 heterocycles. The lowest BCUT2D eigenvalue weighted by molar-refractivity contribution is 0.0488. The number of hydrogen-bond acceptors (Lipinski definition) is 5. The number of para-hydroxylation sites is 1. The van der Waals surface area contributed by atoms with Crippen molar-refractivity contribution < 1.29 is 14.3 Å². The number of carbonyl (C=O) groups excluding carboxylic acids is 1. The maximum atomic E-state index is 12.6. The summed E-state index contributed by atoms with van der Waals surface area (Å²) in [6.07, 6.45) is 3.79. The second-order valence-electron chi connectivity index (χ2n) is 10.3. The van der Waals surface area contributed by atoms with Gasteiger partial charge in [-0.2, -0.15) is 5.10 Å². The van der Waals surface area contributed by atoms with E-state index in [4.69, 9.17) is 21.1 Å². The molecule has 0 saturated heterocycles. The van der Waals surface area contributed by atoms with E-state index in [0.29, 0.717) is 22.8 Å². The number of aromatic nitrogens is 4. The van der Waals surface area contributed by atoms with E-state index in [1.807, 2.05) is 70.3 Å². The summed E-state index contributed by atoms with van der Waals surface area (Å²) in [6.45, 7) is 7.70. The molecule has 9 heteroatoms. The van der Waals surface area contributed by atoms with E-state index >= 15 is 0 Å². The number of nitrogens with zero attached hydrogens (tertiary/aromatic N) is 2. The van der Waals surface area contributed by atoms with Crippen molar-refractivity contribution in [1.82, 2.24) is 25.5 Å². The van der Waals surface area contributed by atoms with E-state index < -0.39 is 11.7 Å². The van der Waals surface area contributed by atoms with Crippen LogP contribution in [0.4, 0.5) is 4.79 Å². The van der Waals surface area contributed by atoms with Crippen LogP contribution in [0, 0.1) is 6.92 Å². The molecular formula is C29H30ClN5O3. The van der Waals surface area contributed by atoms with E-state index in [2.05, 4.69) is 31.5 Å². The van der Waals surface area contributed by atoms with E-state index in [0.717, 1.165) is 38.7 Å². The molecule has 1 amide bonds. The fourth-order valence-electron chi connectivity index (χ4n) is 4.37. The second kappa shape index (κ2) is 10.4. The zero-order chi connectivity index (χ0) is 26.9. The molecule has 0 aliphatic rings. The van der Waals surface area contributed by atoms with Crippen LogP contribution in [-0.4, -0.2) is 44.5 Å². The predicted molar refractivity (Wildman–Crippen MR) is 150 cm³/mol. The lowest BCUT2D eigenvalue weighted by Crippen LogP contribution is -2.43. The number of benzene rings is 2. The molecule has 0 spiro atoms. The number of H-pyrrole nitrogens is 2. The zero-order valence-electron chi connectivity index (χ0n) is 21.8. The monoisotopic (exact) mass is 531 g/mol. The summed E-state index contributed by atoms with van der Waals surface area (Å²) in [5.74, 6) is 0.628. The number of halogens is 1. The highest BCUT2D eigenvalue weighted by molar-refractivity contribution is 6.33. The summed E-state index contributed by atoms with van der Waals surface area (Å²) in [7, 11) is 0. The van der Waals surface area contributed by atoms with Gasteiger partial charge in [0.1, 0.15) is 18.0 Å². The molecule has 1 atom stereocenters. The number of hydrogen-bond donors (Lipinski definition) is 3. The molecule has 0 unspecified atom stereocenters. The fourth-order valence-corrected chi connectivity index (χ4v) is 4.60. The third-order valence-electron chi connectivity index (χ3n) is 6.16. The topological polar surface area (TPSA) is 105 Å². The van der Waals surface area contributed by atoms with E-state index in [1.54, 1.807) is 12.3 Å². The van der Waals surface area contributed by atoms with Crippen LogP contribution in [-0.2, 0) is 11.2 Å². The number of aromatic amines is 2. The van der Waals surface area contributed by atoms with Gasteiger partial charge in [-0.05, 0) is 70.0 Å². The Balaban J connectivity index is 1.37. The first-order valence-electron chi connectivity index (χ1n) is 12.4. The van der Waals surface area contributed by atoms with Crippen molar-refractivity contribution in [1.29, 1.82) is 0 Å². The molecule has 5 rings (SSSR count). The Morgan fingerprint density at radius 1 is 1.13 bits per heavy atom. The van der Waals surface area contributed by atoms with Crippen LogP contribution in [0.25, 0.3) is 33.1 Å². The van der Waals surface area contributed by atoms with Crippen molar-refractivity contribution in [3.05, 3.63) is 77.2 Å². The molecule has 8 nitrogen and oxygen atoms in total.